The number of nitrogens with one attached hydrogen (secondary N) is 1. The Hall–Kier alpha value is -1.31. The Balaban J connectivity index is 3.61. The maximum absolute atomic E-state index is 11.7. The Morgan fingerprint density at radius 2 is 1.89 bits per heavy atom. The van der Waals surface area contributed by atoms with E-state index in [0.29, 0.717) is 0 Å². The second-order valence-electron chi connectivity index (χ2n) is 3.19. The predicted octanol–water partition coefficient (Wildman–Crippen LogP) is 0.991. The van der Waals surface area contributed by atoms with Crippen molar-refractivity contribution in [2.24, 2.45) is 0 Å². The minimum Gasteiger partial charge on any atom is -0.493 e. The Bertz CT molecular complexity index is 570. The standard InChI is InChI=1S/C10H12ClNO5S/c1-12-18(14,15)6-4-7(10(11)13)9(17-3)8(5-6)16-2/h4-5,12H,1-3H3. The lowest BCUT2D eigenvalue weighted by Gasteiger charge is -2.12. The Morgan fingerprint density at radius 1 is 1.28 bits per heavy atom. The highest BCUT2D eigenvalue weighted by atomic mass is 35.5. The number of rotatable bonds is 5. The maximum atomic E-state index is 11.7. The number of hydrogen-bond donors (Lipinski definition) is 1. The molecule has 0 saturated heterocycles. The van der Waals surface area contributed by atoms with Crippen LogP contribution in [0.15, 0.2) is 17.0 Å². The lowest BCUT2D eigenvalue weighted by Crippen LogP contribution is -2.19. The van der Waals surface area contributed by atoms with Crippen molar-refractivity contribution in [3.8, 4) is 11.5 Å². The fourth-order valence-electron chi connectivity index (χ4n) is 1.36. The Labute approximate surface area is 110 Å². The van der Waals surface area contributed by atoms with E-state index in [2.05, 4.69) is 4.72 Å². The number of ether oxygens (including phenoxy) is 2. The fourth-order valence-corrected chi connectivity index (χ4v) is 2.27. The first kappa shape index (κ1) is 14.7. The highest BCUT2D eigenvalue weighted by Crippen LogP contribution is 2.34. The summed E-state index contributed by atoms with van der Waals surface area (Å²) < 4.78 is 35.5. The van der Waals surface area contributed by atoms with Crippen molar-refractivity contribution in [1.82, 2.24) is 4.72 Å². The first-order valence-corrected chi connectivity index (χ1v) is 6.63. The van der Waals surface area contributed by atoms with E-state index >= 15 is 0 Å². The van der Waals surface area contributed by atoms with Crippen LogP contribution < -0.4 is 14.2 Å². The number of halogens is 1. The van der Waals surface area contributed by atoms with Gasteiger partial charge in [0.1, 0.15) is 0 Å². The number of sulfonamides is 1. The smallest absolute Gasteiger partial charge is 0.256 e. The van der Waals surface area contributed by atoms with E-state index in [1.165, 1.54) is 27.3 Å². The van der Waals surface area contributed by atoms with Gasteiger partial charge in [-0.2, -0.15) is 0 Å². The van der Waals surface area contributed by atoms with Gasteiger partial charge in [0.05, 0.1) is 24.7 Å². The van der Waals surface area contributed by atoms with Crippen molar-refractivity contribution in [3.05, 3.63) is 17.7 Å². The van der Waals surface area contributed by atoms with Crippen LogP contribution in [0, 0.1) is 0 Å². The van der Waals surface area contributed by atoms with E-state index in [4.69, 9.17) is 21.1 Å². The van der Waals surface area contributed by atoms with Crippen molar-refractivity contribution in [3.63, 3.8) is 0 Å². The van der Waals surface area contributed by atoms with Gasteiger partial charge in [-0.25, -0.2) is 13.1 Å². The molecule has 0 saturated carbocycles. The van der Waals surface area contributed by atoms with Gasteiger partial charge < -0.3 is 9.47 Å². The molecule has 0 spiro atoms. The normalized spacial score (nSPS) is 11.1. The zero-order valence-corrected chi connectivity index (χ0v) is 11.6. The summed E-state index contributed by atoms with van der Waals surface area (Å²) in [6, 6.07) is 2.37. The second-order valence-corrected chi connectivity index (χ2v) is 5.42. The molecule has 0 amide bonds. The zero-order valence-electron chi connectivity index (χ0n) is 9.98. The minimum absolute atomic E-state index is 0.0765. The van der Waals surface area contributed by atoms with Crippen LogP contribution in [0.3, 0.4) is 0 Å². The summed E-state index contributed by atoms with van der Waals surface area (Å²) in [6.07, 6.45) is 0. The monoisotopic (exact) mass is 293 g/mol. The molecule has 0 radical (unpaired) electrons. The van der Waals surface area contributed by atoms with Crippen molar-refractivity contribution in [1.29, 1.82) is 0 Å². The van der Waals surface area contributed by atoms with Crippen LogP contribution in [-0.2, 0) is 10.0 Å². The third kappa shape index (κ3) is 2.74. The van der Waals surface area contributed by atoms with Gasteiger partial charge in [-0.1, -0.05) is 0 Å². The van der Waals surface area contributed by atoms with Gasteiger partial charge in [0.25, 0.3) is 5.24 Å². The highest BCUT2D eigenvalue weighted by Gasteiger charge is 2.22. The van der Waals surface area contributed by atoms with E-state index < -0.39 is 15.3 Å². The molecular weight excluding hydrogens is 282 g/mol. The molecular formula is C10H12ClNO5S. The average Bonchev–Trinajstić information content (AvgIpc) is 2.36. The molecule has 0 aliphatic rings. The van der Waals surface area contributed by atoms with Crippen molar-refractivity contribution < 1.29 is 22.7 Å². The summed E-state index contributed by atoms with van der Waals surface area (Å²) in [7, 11) is 0.206. The summed E-state index contributed by atoms with van der Waals surface area (Å²) in [5.41, 5.74) is -0.0765. The van der Waals surface area contributed by atoms with Gasteiger partial charge in [0.2, 0.25) is 10.0 Å². The van der Waals surface area contributed by atoms with Gasteiger partial charge in [-0.15, -0.1) is 0 Å². The molecule has 0 aliphatic heterocycles. The molecule has 0 bridgehead atoms. The predicted molar refractivity (Wildman–Crippen MR) is 66.0 cm³/mol. The molecule has 18 heavy (non-hydrogen) atoms. The zero-order chi connectivity index (χ0) is 13.9. The maximum Gasteiger partial charge on any atom is 0.256 e. The summed E-state index contributed by atoms with van der Waals surface area (Å²) in [6.45, 7) is 0. The topological polar surface area (TPSA) is 81.7 Å². The quantitative estimate of drug-likeness (QED) is 0.819. The van der Waals surface area contributed by atoms with Gasteiger partial charge in [0.15, 0.2) is 11.5 Å². The number of methoxy groups -OCH3 is 2. The molecule has 100 valence electrons. The molecule has 1 aromatic rings. The SMILES string of the molecule is CNS(=O)(=O)c1cc(OC)c(OC)c(C(=O)Cl)c1. The number of benzene rings is 1. The molecule has 0 atom stereocenters. The lowest BCUT2D eigenvalue weighted by molar-refractivity contribution is 0.107. The molecule has 6 nitrogen and oxygen atoms in total. The molecule has 0 aromatic heterocycles. The average molecular weight is 294 g/mol. The molecule has 0 heterocycles. The van der Waals surface area contributed by atoms with E-state index in [-0.39, 0.29) is 22.0 Å². The number of carbonyl (C=O) groups excluding carboxylic acids is 1. The van der Waals surface area contributed by atoms with Crippen LogP contribution in [0.2, 0.25) is 0 Å². The van der Waals surface area contributed by atoms with Crippen molar-refractivity contribution in [2.75, 3.05) is 21.3 Å². The van der Waals surface area contributed by atoms with Gasteiger partial charge >= 0.3 is 0 Å². The van der Waals surface area contributed by atoms with Crippen LogP contribution in [-0.4, -0.2) is 34.9 Å². The fraction of sp³-hybridized carbons (Fsp3) is 0.300. The van der Waals surface area contributed by atoms with Gasteiger partial charge in [0, 0.05) is 6.07 Å². The molecule has 0 aliphatic carbocycles. The Kier molecular flexibility index (Phi) is 4.55. The number of hydrogen-bond acceptors (Lipinski definition) is 5. The molecule has 0 fully saturated rings. The first-order chi connectivity index (χ1) is 8.37. The van der Waals surface area contributed by atoms with Crippen LogP contribution >= 0.6 is 11.6 Å². The minimum atomic E-state index is -3.71. The summed E-state index contributed by atoms with van der Waals surface area (Å²) in [5, 5.41) is -0.835. The molecule has 0 unspecified atom stereocenters. The van der Waals surface area contributed by atoms with E-state index in [1.807, 2.05) is 0 Å². The Morgan fingerprint density at radius 3 is 2.28 bits per heavy atom. The summed E-state index contributed by atoms with van der Waals surface area (Å²) in [5.74, 6) is 0.199. The first-order valence-electron chi connectivity index (χ1n) is 4.76. The van der Waals surface area contributed by atoms with Gasteiger partial charge in [-0.05, 0) is 24.7 Å². The highest BCUT2D eigenvalue weighted by molar-refractivity contribution is 7.89. The third-order valence-corrected chi connectivity index (χ3v) is 3.84. The number of carbonyl (C=O) groups is 1. The largest absolute Gasteiger partial charge is 0.493 e. The second kappa shape index (κ2) is 5.55. The molecule has 1 aromatic carbocycles. The van der Waals surface area contributed by atoms with E-state index in [9.17, 15) is 13.2 Å². The van der Waals surface area contributed by atoms with Crippen molar-refractivity contribution >= 4 is 26.9 Å². The van der Waals surface area contributed by atoms with Crippen molar-refractivity contribution in [2.45, 2.75) is 4.90 Å². The molecule has 1 rings (SSSR count). The van der Waals surface area contributed by atoms with Crippen LogP contribution in [0.4, 0.5) is 0 Å². The van der Waals surface area contributed by atoms with E-state index in [0.717, 1.165) is 6.07 Å². The summed E-state index contributed by atoms with van der Waals surface area (Å²) in [4.78, 5) is 11.1. The van der Waals surface area contributed by atoms with Crippen LogP contribution in [0.5, 0.6) is 11.5 Å². The van der Waals surface area contributed by atoms with Crippen LogP contribution in [0.1, 0.15) is 10.4 Å². The van der Waals surface area contributed by atoms with E-state index in [1.54, 1.807) is 0 Å². The summed E-state index contributed by atoms with van der Waals surface area (Å²) >= 11 is 5.39. The van der Waals surface area contributed by atoms with Gasteiger partial charge in [-0.3, -0.25) is 4.79 Å². The molecule has 1 N–H and O–H groups in total. The molecule has 8 heteroatoms. The van der Waals surface area contributed by atoms with Crippen LogP contribution in [0.25, 0.3) is 0 Å². The third-order valence-electron chi connectivity index (χ3n) is 2.24. The lowest BCUT2D eigenvalue weighted by atomic mass is 10.2.